The number of para-hydroxylation sites is 1. The fourth-order valence-electron chi connectivity index (χ4n) is 4.13. The van der Waals surface area contributed by atoms with Gasteiger partial charge in [0.2, 0.25) is 11.8 Å². The zero-order valence-electron chi connectivity index (χ0n) is 14.7. The van der Waals surface area contributed by atoms with Gasteiger partial charge in [0.05, 0.1) is 6.42 Å². The summed E-state index contributed by atoms with van der Waals surface area (Å²) >= 11 is 0. The van der Waals surface area contributed by atoms with Crippen molar-refractivity contribution in [3.8, 4) is 0 Å². The topological polar surface area (TPSA) is 40.6 Å². The van der Waals surface area contributed by atoms with Gasteiger partial charge in [-0.1, -0.05) is 30.3 Å². The van der Waals surface area contributed by atoms with E-state index in [1.807, 2.05) is 28.0 Å². The van der Waals surface area contributed by atoms with Crippen LogP contribution < -0.4 is 4.90 Å². The summed E-state index contributed by atoms with van der Waals surface area (Å²) in [4.78, 5) is 28.3. The summed E-state index contributed by atoms with van der Waals surface area (Å²) in [6.07, 6.45) is 1.16. The second kappa shape index (κ2) is 6.24. The van der Waals surface area contributed by atoms with Crippen molar-refractivity contribution < 1.29 is 14.0 Å². The molecule has 0 saturated carbocycles. The zero-order valence-corrected chi connectivity index (χ0v) is 14.7. The maximum absolute atomic E-state index is 13.0. The summed E-state index contributed by atoms with van der Waals surface area (Å²) < 4.78 is 13.0. The minimum atomic E-state index is -0.297. The Labute approximate surface area is 152 Å². The van der Waals surface area contributed by atoms with Crippen LogP contribution in [0, 0.1) is 11.2 Å². The molecular formula is C21H21FN2O2. The van der Waals surface area contributed by atoms with Crippen molar-refractivity contribution in [3.63, 3.8) is 0 Å². The van der Waals surface area contributed by atoms with E-state index in [1.54, 1.807) is 19.1 Å². The molecule has 2 heterocycles. The highest BCUT2D eigenvalue weighted by Gasteiger charge is 2.49. The predicted molar refractivity (Wildman–Crippen MR) is 97.3 cm³/mol. The second-order valence-electron chi connectivity index (χ2n) is 7.46. The van der Waals surface area contributed by atoms with Crippen LogP contribution >= 0.6 is 0 Å². The Bertz CT molecular complexity index is 857. The van der Waals surface area contributed by atoms with Gasteiger partial charge in [-0.3, -0.25) is 9.59 Å². The number of carbonyl (C=O) groups excluding carboxylic acids is 2. The van der Waals surface area contributed by atoms with Gasteiger partial charge in [0.25, 0.3) is 0 Å². The van der Waals surface area contributed by atoms with Gasteiger partial charge in [-0.15, -0.1) is 0 Å². The van der Waals surface area contributed by atoms with E-state index in [1.165, 1.54) is 17.7 Å². The Morgan fingerprint density at radius 2 is 1.73 bits per heavy atom. The van der Waals surface area contributed by atoms with Crippen LogP contribution in [-0.4, -0.2) is 36.3 Å². The van der Waals surface area contributed by atoms with Crippen LogP contribution in [0.1, 0.15) is 18.1 Å². The van der Waals surface area contributed by atoms with Gasteiger partial charge in [-0.2, -0.15) is 0 Å². The molecule has 1 spiro atoms. The van der Waals surface area contributed by atoms with Crippen LogP contribution in [0.25, 0.3) is 0 Å². The van der Waals surface area contributed by atoms with E-state index in [0.29, 0.717) is 19.6 Å². The van der Waals surface area contributed by atoms with Gasteiger partial charge in [0.1, 0.15) is 5.82 Å². The van der Waals surface area contributed by atoms with Gasteiger partial charge in [0, 0.05) is 37.7 Å². The molecule has 2 aromatic carbocycles. The summed E-state index contributed by atoms with van der Waals surface area (Å²) in [5, 5.41) is 0. The Hall–Kier alpha value is -2.69. The third-order valence-electron chi connectivity index (χ3n) is 5.40. The van der Waals surface area contributed by atoms with Crippen LogP contribution in [0.2, 0.25) is 0 Å². The number of fused-ring (bicyclic) bond motifs is 1. The Morgan fingerprint density at radius 3 is 2.42 bits per heavy atom. The predicted octanol–water partition coefficient (Wildman–Crippen LogP) is 2.81. The summed E-state index contributed by atoms with van der Waals surface area (Å²) in [5.41, 5.74) is 2.91. The lowest BCUT2D eigenvalue weighted by Gasteiger charge is -2.54. The highest BCUT2D eigenvalue weighted by molar-refractivity contribution is 5.93. The highest BCUT2D eigenvalue weighted by Crippen LogP contribution is 2.42. The Morgan fingerprint density at radius 1 is 1.04 bits per heavy atom. The second-order valence-corrected chi connectivity index (χ2v) is 7.46. The van der Waals surface area contributed by atoms with Gasteiger partial charge in [-0.05, 0) is 35.7 Å². The first kappa shape index (κ1) is 16.8. The molecule has 0 bridgehead atoms. The number of amides is 2. The molecule has 0 N–H and O–H groups in total. The average Bonchev–Trinajstić information content (AvgIpc) is 2.60. The van der Waals surface area contributed by atoms with Gasteiger partial charge >= 0.3 is 0 Å². The molecule has 0 atom stereocenters. The fraction of sp³-hybridized carbons (Fsp3) is 0.333. The Kier molecular flexibility index (Phi) is 4.02. The molecule has 0 aromatic heterocycles. The molecule has 1 saturated heterocycles. The molecule has 0 unspecified atom stereocenters. The first-order valence-electron chi connectivity index (χ1n) is 8.84. The van der Waals surface area contributed by atoms with E-state index in [9.17, 15) is 14.0 Å². The fourth-order valence-corrected chi connectivity index (χ4v) is 4.13. The first-order valence-corrected chi connectivity index (χ1v) is 8.84. The number of likely N-dealkylation sites (tertiary alicyclic amines) is 1. The standard InChI is InChI=1S/C21H21FN2O2/c1-15(25)24-14-21(11-17-4-2-3-5-19(17)24)12-23(13-21)20(26)10-16-6-8-18(22)9-7-16/h2-9H,10-14H2,1H3. The number of nitrogens with zero attached hydrogens (tertiary/aromatic N) is 2. The summed E-state index contributed by atoms with van der Waals surface area (Å²) in [5.74, 6) is -0.211. The third kappa shape index (κ3) is 2.98. The molecule has 2 aliphatic heterocycles. The lowest BCUT2D eigenvalue weighted by Crippen LogP contribution is -2.65. The normalized spacial score (nSPS) is 17.6. The van der Waals surface area contributed by atoms with Crippen LogP contribution in [0.15, 0.2) is 48.5 Å². The molecule has 2 aromatic rings. The van der Waals surface area contributed by atoms with E-state index in [-0.39, 0.29) is 29.5 Å². The molecule has 134 valence electrons. The number of hydrogen-bond acceptors (Lipinski definition) is 2. The first-order chi connectivity index (χ1) is 12.5. The number of benzene rings is 2. The summed E-state index contributed by atoms with van der Waals surface area (Å²) in [6, 6.07) is 14.0. The van der Waals surface area contributed by atoms with E-state index >= 15 is 0 Å². The van der Waals surface area contributed by atoms with E-state index in [4.69, 9.17) is 0 Å². The van der Waals surface area contributed by atoms with E-state index in [2.05, 4.69) is 6.07 Å². The van der Waals surface area contributed by atoms with Crippen LogP contribution in [0.4, 0.5) is 10.1 Å². The molecule has 26 heavy (non-hydrogen) atoms. The van der Waals surface area contributed by atoms with Crippen molar-refractivity contribution in [2.24, 2.45) is 5.41 Å². The molecule has 0 aliphatic carbocycles. The van der Waals surface area contributed by atoms with Crippen LogP contribution in [-0.2, 0) is 22.4 Å². The molecule has 4 nitrogen and oxygen atoms in total. The van der Waals surface area contributed by atoms with Crippen molar-refractivity contribution in [1.29, 1.82) is 0 Å². The number of hydrogen-bond donors (Lipinski definition) is 0. The Balaban J connectivity index is 1.45. The molecule has 1 fully saturated rings. The molecule has 2 aliphatic rings. The largest absolute Gasteiger partial charge is 0.341 e. The summed E-state index contributed by atoms with van der Waals surface area (Å²) in [7, 11) is 0. The van der Waals surface area contributed by atoms with Crippen LogP contribution in [0.5, 0.6) is 0 Å². The minimum Gasteiger partial charge on any atom is -0.341 e. The monoisotopic (exact) mass is 352 g/mol. The maximum Gasteiger partial charge on any atom is 0.227 e. The van der Waals surface area contributed by atoms with Crippen molar-refractivity contribution in [2.45, 2.75) is 19.8 Å². The van der Waals surface area contributed by atoms with Gasteiger partial charge < -0.3 is 9.80 Å². The van der Waals surface area contributed by atoms with Gasteiger partial charge in [-0.25, -0.2) is 4.39 Å². The lowest BCUT2D eigenvalue weighted by atomic mass is 9.71. The van der Waals surface area contributed by atoms with Crippen LogP contribution in [0.3, 0.4) is 0 Å². The SMILES string of the molecule is CC(=O)N1CC2(Cc3ccccc31)CN(C(=O)Cc1ccc(F)cc1)C2. The minimum absolute atomic E-state index is 0.0348. The highest BCUT2D eigenvalue weighted by atomic mass is 19.1. The van der Waals surface area contributed by atoms with Crippen molar-refractivity contribution in [3.05, 3.63) is 65.5 Å². The molecule has 2 amide bonds. The quantitative estimate of drug-likeness (QED) is 0.834. The zero-order chi connectivity index (χ0) is 18.3. The van der Waals surface area contributed by atoms with E-state index < -0.39 is 0 Å². The molecule has 0 radical (unpaired) electrons. The number of anilines is 1. The smallest absolute Gasteiger partial charge is 0.227 e. The third-order valence-corrected chi connectivity index (χ3v) is 5.40. The average molecular weight is 352 g/mol. The summed E-state index contributed by atoms with van der Waals surface area (Å²) in [6.45, 7) is 3.56. The van der Waals surface area contributed by atoms with Gasteiger partial charge in [0.15, 0.2) is 0 Å². The number of rotatable bonds is 2. The molecule has 5 heteroatoms. The maximum atomic E-state index is 13.0. The number of carbonyl (C=O) groups is 2. The number of halogens is 1. The molecule has 4 rings (SSSR count). The van der Waals surface area contributed by atoms with Crippen molar-refractivity contribution >= 4 is 17.5 Å². The molecular weight excluding hydrogens is 331 g/mol. The van der Waals surface area contributed by atoms with E-state index in [0.717, 1.165) is 17.7 Å². The van der Waals surface area contributed by atoms with Crippen molar-refractivity contribution in [1.82, 2.24) is 4.90 Å². The lowest BCUT2D eigenvalue weighted by molar-refractivity contribution is -0.142. The van der Waals surface area contributed by atoms with Crippen molar-refractivity contribution in [2.75, 3.05) is 24.5 Å².